The van der Waals surface area contributed by atoms with Crippen LogP contribution in [0.25, 0.3) is 0 Å². The average molecular weight is 307 g/mol. The Balaban J connectivity index is 2.92. The second kappa shape index (κ2) is 6.95. The van der Waals surface area contributed by atoms with Crippen molar-refractivity contribution in [2.45, 2.75) is 32.9 Å². The lowest BCUT2D eigenvalue weighted by molar-refractivity contribution is -0.167. The Morgan fingerprint density at radius 1 is 1.24 bits per heavy atom. The number of nitrogens with zero attached hydrogens (tertiary/aromatic N) is 1. The maximum Gasteiger partial charge on any atom is 0.406 e. The van der Waals surface area contributed by atoms with Gasteiger partial charge in [-0.3, -0.25) is 9.59 Å². The van der Waals surface area contributed by atoms with Crippen molar-refractivity contribution in [1.29, 1.82) is 0 Å². The van der Waals surface area contributed by atoms with Gasteiger partial charge in [0.1, 0.15) is 6.54 Å². The normalized spacial score (nSPS) is 22.4. The summed E-state index contributed by atoms with van der Waals surface area (Å²) >= 11 is 0. The molecule has 0 aliphatic heterocycles. The minimum atomic E-state index is -4.49. The molecule has 0 saturated carbocycles. The number of allylic oxidation sites excluding steroid dienone is 2. The Morgan fingerprint density at radius 2 is 1.76 bits per heavy atom. The van der Waals surface area contributed by atoms with Gasteiger partial charge in [0.05, 0.1) is 11.8 Å². The first-order valence-electron chi connectivity index (χ1n) is 6.85. The first-order valence-corrected chi connectivity index (χ1v) is 6.85. The minimum absolute atomic E-state index is 0.0368. The Labute approximate surface area is 121 Å². The molecule has 0 radical (unpaired) electrons. The first-order chi connectivity index (χ1) is 9.61. The molecular weight excluding hydrogens is 287 g/mol. The number of hydrogen-bond donors (Lipinski definition) is 1. The molecule has 0 saturated heterocycles. The number of carbonyl (C=O) groups excluding carboxylic acids is 1. The summed E-state index contributed by atoms with van der Waals surface area (Å²) in [5, 5.41) is 9.13. The number of hydrogen-bond acceptors (Lipinski definition) is 2. The molecule has 1 aliphatic carbocycles. The summed E-state index contributed by atoms with van der Waals surface area (Å²) < 4.78 is 37.8. The largest absolute Gasteiger partial charge is 0.481 e. The molecule has 0 unspecified atom stereocenters. The number of amides is 1. The van der Waals surface area contributed by atoms with Crippen LogP contribution in [0.2, 0.25) is 0 Å². The molecule has 0 fully saturated rings. The van der Waals surface area contributed by atoms with Crippen molar-refractivity contribution in [1.82, 2.24) is 4.90 Å². The average Bonchev–Trinajstić information content (AvgIpc) is 2.34. The number of carboxylic acid groups (broad SMARTS) is 1. The molecule has 0 aromatic carbocycles. The van der Waals surface area contributed by atoms with Crippen LogP contribution in [-0.4, -0.2) is 41.1 Å². The Hall–Kier alpha value is -1.53. The van der Waals surface area contributed by atoms with Gasteiger partial charge in [0, 0.05) is 6.54 Å². The highest BCUT2D eigenvalue weighted by Crippen LogP contribution is 2.29. The van der Waals surface area contributed by atoms with Crippen LogP contribution in [-0.2, 0) is 9.59 Å². The quantitative estimate of drug-likeness (QED) is 0.795. The third-order valence-electron chi connectivity index (χ3n) is 3.33. The van der Waals surface area contributed by atoms with Gasteiger partial charge in [0.2, 0.25) is 5.91 Å². The number of alkyl halides is 3. The molecule has 21 heavy (non-hydrogen) atoms. The summed E-state index contributed by atoms with van der Waals surface area (Å²) in [6.07, 6.45) is -0.842. The third-order valence-corrected chi connectivity index (χ3v) is 3.33. The van der Waals surface area contributed by atoms with E-state index in [9.17, 15) is 22.8 Å². The van der Waals surface area contributed by atoms with Crippen LogP contribution in [0.1, 0.15) is 26.7 Å². The summed E-state index contributed by atoms with van der Waals surface area (Å²) in [5.74, 6) is -3.87. The maximum atomic E-state index is 12.6. The van der Waals surface area contributed by atoms with E-state index in [0.29, 0.717) is 0 Å². The second-order valence-electron chi connectivity index (χ2n) is 5.72. The van der Waals surface area contributed by atoms with E-state index in [-0.39, 0.29) is 25.3 Å². The zero-order valence-electron chi connectivity index (χ0n) is 12.1. The number of aliphatic carboxylic acids is 1. The fraction of sp³-hybridized carbons (Fsp3) is 0.714. The second-order valence-corrected chi connectivity index (χ2v) is 5.72. The fourth-order valence-corrected chi connectivity index (χ4v) is 2.48. The molecule has 1 rings (SSSR count). The summed E-state index contributed by atoms with van der Waals surface area (Å²) in [6, 6.07) is 0. The Bertz CT molecular complexity index is 418. The lowest BCUT2D eigenvalue weighted by Crippen LogP contribution is -2.47. The van der Waals surface area contributed by atoms with Gasteiger partial charge in [-0.2, -0.15) is 13.2 Å². The SMILES string of the molecule is CC(C)CN(CC(F)(F)F)C(=O)[C@@H]1CC=CC[C@@H]1C(=O)O. The van der Waals surface area contributed by atoms with Gasteiger partial charge in [0.25, 0.3) is 0 Å². The topological polar surface area (TPSA) is 57.6 Å². The predicted molar refractivity (Wildman–Crippen MR) is 70.5 cm³/mol. The van der Waals surface area contributed by atoms with Crippen molar-refractivity contribution < 1.29 is 27.9 Å². The van der Waals surface area contributed by atoms with E-state index < -0.39 is 36.4 Å². The van der Waals surface area contributed by atoms with Crippen molar-refractivity contribution in [3.8, 4) is 0 Å². The lowest BCUT2D eigenvalue weighted by atomic mass is 9.82. The predicted octanol–water partition coefficient (Wildman–Crippen LogP) is 2.70. The molecule has 0 spiro atoms. The number of carbonyl (C=O) groups is 2. The van der Waals surface area contributed by atoms with Crippen LogP contribution >= 0.6 is 0 Å². The van der Waals surface area contributed by atoms with E-state index in [1.54, 1.807) is 26.0 Å². The molecule has 0 heterocycles. The number of halogens is 3. The molecule has 1 N–H and O–H groups in total. The molecule has 4 nitrogen and oxygen atoms in total. The van der Waals surface area contributed by atoms with Crippen LogP contribution in [0.3, 0.4) is 0 Å². The van der Waals surface area contributed by atoms with Gasteiger partial charge < -0.3 is 10.0 Å². The summed E-state index contributed by atoms with van der Waals surface area (Å²) in [5.41, 5.74) is 0. The molecule has 1 aliphatic rings. The highest BCUT2D eigenvalue weighted by atomic mass is 19.4. The van der Waals surface area contributed by atoms with Gasteiger partial charge in [-0.15, -0.1) is 0 Å². The summed E-state index contributed by atoms with van der Waals surface area (Å²) in [7, 11) is 0. The van der Waals surface area contributed by atoms with Crippen molar-refractivity contribution in [3.63, 3.8) is 0 Å². The molecule has 1 amide bonds. The lowest BCUT2D eigenvalue weighted by Gasteiger charge is -2.32. The van der Waals surface area contributed by atoms with E-state index in [1.165, 1.54) is 0 Å². The Morgan fingerprint density at radius 3 is 2.19 bits per heavy atom. The first kappa shape index (κ1) is 17.5. The van der Waals surface area contributed by atoms with Crippen molar-refractivity contribution in [2.75, 3.05) is 13.1 Å². The summed E-state index contributed by atoms with van der Waals surface area (Å²) in [6.45, 7) is 2.06. The highest BCUT2D eigenvalue weighted by molar-refractivity contribution is 5.85. The van der Waals surface area contributed by atoms with Crippen molar-refractivity contribution >= 4 is 11.9 Å². The molecule has 120 valence electrons. The van der Waals surface area contributed by atoms with E-state index in [0.717, 1.165) is 4.90 Å². The van der Waals surface area contributed by atoms with Crippen LogP contribution in [0.15, 0.2) is 12.2 Å². The fourth-order valence-electron chi connectivity index (χ4n) is 2.48. The van der Waals surface area contributed by atoms with Crippen LogP contribution in [0, 0.1) is 17.8 Å². The van der Waals surface area contributed by atoms with E-state index >= 15 is 0 Å². The minimum Gasteiger partial charge on any atom is -0.481 e. The Kier molecular flexibility index (Phi) is 5.80. The van der Waals surface area contributed by atoms with Gasteiger partial charge >= 0.3 is 12.1 Å². The molecule has 2 atom stereocenters. The van der Waals surface area contributed by atoms with E-state index in [2.05, 4.69) is 0 Å². The van der Waals surface area contributed by atoms with Gasteiger partial charge in [-0.1, -0.05) is 26.0 Å². The monoisotopic (exact) mass is 307 g/mol. The molecule has 7 heteroatoms. The van der Waals surface area contributed by atoms with Gasteiger partial charge in [-0.25, -0.2) is 0 Å². The van der Waals surface area contributed by atoms with Crippen LogP contribution in [0.5, 0.6) is 0 Å². The van der Waals surface area contributed by atoms with E-state index in [4.69, 9.17) is 5.11 Å². The smallest absolute Gasteiger partial charge is 0.406 e. The standard InChI is InChI=1S/C14H20F3NO3/c1-9(2)7-18(8-14(15,16)17)12(19)10-5-3-4-6-11(10)13(20)21/h3-4,9-11H,5-8H2,1-2H3,(H,20,21)/t10-,11+/m1/s1. The van der Waals surface area contributed by atoms with Crippen LogP contribution in [0.4, 0.5) is 13.2 Å². The molecular formula is C14H20F3NO3. The number of carboxylic acids is 1. The summed E-state index contributed by atoms with van der Waals surface area (Å²) in [4.78, 5) is 24.3. The molecule has 0 bridgehead atoms. The van der Waals surface area contributed by atoms with Crippen molar-refractivity contribution in [3.05, 3.63) is 12.2 Å². The van der Waals surface area contributed by atoms with Crippen molar-refractivity contribution in [2.24, 2.45) is 17.8 Å². The van der Waals surface area contributed by atoms with Gasteiger partial charge in [-0.05, 0) is 18.8 Å². The van der Waals surface area contributed by atoms with E-state index in [1.807, 2.05) is 0 Å². The third kappa shape index (κ3) is 5.40. The molecule has 0 aromatic heterocycles. The zero-order chi connectivity index (χ0) is 16.2. The van der Waals surface area contributed by atoms with Gasteiger partial charge in [0.15, 0.2) is 0 Å². The zero-order valence-corrected chi connectivity index (χ0v) is 12.1. The highest BCUT2D eigenvalue weighted by Gasteiger charge is 2.40. The molecule has 0 aromatic rings. The maximum absolute atomic E-state index is 12.6. The van der Waals surface area contributed by atoms with Crippen LogP contribution < -0.4 is 0 Å². The number of rotatable bonds is 5.